The van der Waals surface area contributed by atoms with E-state index in [-0.39, 0.29) is 0 Å². The summed E-state index contributed by atoms with van der Waals surface area (Å²) in [7, 11) is 0. The van der Waals surface area contributed by atoms with E-state index in [0.29, 0.717) is 28.5 Å². The molecule has 1 unspecified atom stereocenters. The van der Waals surface area contributed by atoms with Gasteiger partial charge in [0.05, 0.1) is 11.6 Å². The van der Waals surface area contributed by atoms with Crippen molar-refractivity contribution in [2.24, 2.45) is 17.8 Å². The maximum Gasteiger partial charge on any atom is 0.164 e. The fourth-order valence-corrected chi connectivity index (χ4v) is 9.74. The molecule has 4 heteroatoms. The highest BCUT2D eigenvalue weighted by molar-refractivity contribution is 5.82. The second-order valence-corrected chi connectivity index (χ2v) is 16.1. The lowest BCUT2D eigenvalue weighted by Crippen LogP contribution is -2.42. The Kier molecular flexibility index (Phi) is 9.16. The second kappa shape index (κ2) is 14.6. The zero-order chi connectivity index (χ0) is 37.4. The minimum absolute atomic E-state index is 0.302. The highest BCUT2D eigenvalue weighted by Crippen LogP contribution is 2.54. The average Bonchev–Trinajstić information content (AvgIpc) is 3.23. The van der Waals surface area contributed by atoms with Crippen LogP contribution in [0.2, 0.25) is 0 Å². The molecule has 9 rings (SSSR count). The van der Waals surface area contributed by atoms with E-state index >= 15 is 0 Å². The Morgan fingerprint density at radius 3 is 1.44 bits per heavy atom. The van der Waals surface area contributed by atoms with Crippen molar-refractivity contribution >= 4 is 0 Å². The van der Waals surface area contributed by atoms with Crippen LogP contribution < -0.4 is 0 Å². The molecule has 0 amide bonds. The number of nitrogens with zero attached hydrogens (tertiary/aromatic N) is 4. The Morgan fingerprint density at radius 2 is 0.891 bits per heavy atom. The van der Waals surface area contributed by atoms with Crippen LogP contribution in [0.5, 0.6) is 0 Å². The molecule has 2 bridgehead atoms. The van der Waals surface area contributed by atoms with Crippen molar-refractivity contribution in [2.45, 2.75) is 51.4 Å². The maximum absolute atomic E-state index is 9.15. The fraction of sp³-hybridized carbons (Fsp3) is 0.216. The predicted molar refractivity (Wildman–Crippen MR) is 224 cm³/mol. The molecule has 0 aliphatic heterocycles. The summed E-state index contributed by atoms with van der Waals surface area (Å²) in [6.07, 6.45) is 6.70. The van der Waals surface area contributed by atoms with Crippen LogP contribution in [0.1, 0.15) is 57.1 Å². The van der Waals surface area contributed by atoms with E-state index in [0.717, 1.165) is 62.3 Å². The first kappa shape index (κ1) is 34.6. The molecular formula is C51H44N4. The first-order valence-corrected chi connectivity index (χ1v) is 19.7. The van der Waals surface area contributed by atoms with Gasteiger partial charge in [-0.2, -0.15) is 5.26 Å². The lowest BCUT2D eigenvalue weighted by Gasteiger charge is -2.50. The zero-order valence-electron chi connectivity index (χ0n) is 31.5. The number of fused-ring (bicyclic) bond motifs is 2. The highest BCUT2D eigenvalue weighted by atomic mass is 15.0. The SMILES string of the molecule is C[C@@H]1C[C@@H]2C[C@H](C)CC(c3ccc(-c4ccccc4-c4nc(-c5ccccc5)nc(-c5ccc(-c6ccc(-c7ccc(C#N)cc7)cc6)cc5)n4)cc3)(C1)C2. The smallest absolute Gasteiger partial charge is 0.164 e. The molecule has 2 fully saturated rings. The number of rotatable bonds is 7. The molecule has 268 valence electrons. The van der Waals surface area contributed by atoms with E-state index in [4.69, 9.17) is 20.2 Å². The molecule has 4 atom stereocenters. The highest BCUT2D eigenvalue weighted by Gasteiger charge is 2.45. The predicted octanol–water partition coefficient (Wildman–Crippen LogP) is 12.8. The zero-order valence-corrected chi connectivity index (χ0v) is 31.5. The summed E-state index contributed by atoms with van der Waals surface area (Å²) in [5.41, 5.74) is 12.1. The van der Waals surface area contributed by atoms with Crippen LogP contribution in [-0.4, -0.2) is 15.0 Å². The molecule has 1 aromatic heterocycles. The summed E-state index contributed by atoms with van der Waals surface area (Å²) in [6.45, 7) is 4.92. The van der Waals surface area contributed by atoms with Gasteiger partial charge >= 0.3 is 0 Å². The third-order valence-corrected chi connectivity index (χ3v) is 12.0. The van der Waals surface area contributed by atoms with Gasteiger partial charge in [-0.15, -0.1) is 0 Å². The Labute approximate surface area is 324 Å². The van der Waals surface area contributed by atoms with Crippen LogP contribution in [0.4, 0.5) is 0 Å². The molecule has 2 aliphatic rings. The molecule has 0 N–H and O–H groups in total. The quantitative estimate of drug-likeness (QED) is 0.165. The minimum atomic E-state index is 0.302. The van der Waals surface area contributed by atoms with E-state index in [1.165, 1.54) is 43.2 Å². The van der Waals surface area contributed by atoms with E-state index in [9.17, 15) is 0 Å². The van der Waals surface area contributed by atoms with Gasteiger partial charge in [0, 0.05) is 16.7 Å². The monoisotopic (exact) mass is 712 g/mol. The number of benzene rings is 6. The third kappa shape index (κ3) is 6.99. The van der Waals surface area contributed by atoms with Crippen LogP contribution in [0, 0.1) is 29.1 Å². The second-order valence-electron chi connectivity index (χ2n) is 16.1. The Hall–Kier alpha value is -6.18. The Bertz CT molecular complexity index is 2460. The van der Waals surface area contributed by atoms with Crippen LogP contribution in [0.3, 0.4) is 0 Å². The molecule has 6 aromatic carbocycles. The lowest BCUT2D eigenvalue weighted by atomic mass is 9.54. The summed E-state index contributed by atoms with van der Waals surface area (Å²) in [4.78, 5) is 15.3. The van der Waals surface area contributed by atoms with Gasteiger partial charge in [-0.25, -0.2) is 15.0 Å². The summed E-state index contributed by atoms with van der Waals surface area (Å²) in [5.74, 6) is 4.38. The van der Waals surface area contributed by atoms with Crippen molar-refractivity contribution < 1.29 is 0 Å². The van der Waals surface area contributed by atoms with Crippen LogP contribution >= 0.6 is 0 Å². The van der Waals surface area contributed by atoms with Gasteiger partial charge in [0.15, 0.2) is 17.5 Å². The van der Waals surface area contributed by atoms with Gasteiger partial charge in [0.25, 0.3) is 0 Å². The van der Waals surface area contributed by atoms with Gasteiger partial charge in [0.2, 0.25) is 0 Å². The number of nitriles is 1. The average molecular weight is 713 g/mol. The lowest BCUT2D eigenvalue weighted by molar-refractivity contribution is 0.0780. The van der Waals surface area contributed by atoms with Gasteiger partial charge < -0.3 is 0 Å². The van der Waals surface area contributed by atoms with E-state index < -0.39 is 0 Å². The molecule has 4 nitrogen and oxygen atoms in total. The van der Waals surface area contributed by atoms with Crippen molar-refractivity contribution in [1.29, 1.82) is 5.26 Å². The van der Waals surface area contributed by atoms with Crippen molar-refractivity contribution in [1.82, 2.24) is 15.0 Å². The first-order chi connectivity index (χ1) is 26.9. The van der Waals surface area contributed by atoms with Gasteiger partial charge in [-0.1, -0.05) is 153 Å². The molecule has 2 saturated carbocycles. The fourth-order valence-electron chi connectivity index (χ4n) is 9.74. The molecule has 2 aliphatic carbocycles. The van der Waals surface area contributed by atoms with Gasteiger partial charge in [0.1, 0.15) is 0 Å². The largest absolute Gasteiger partial charge is 0.208 e. The van der Waals surface area contributed by atoms with Crippen LogP contribution in [0.15, 0.2) is 152 Å². The topological polar surface area (TPSA) is 62.5 Å². The molecule has 0 saturated heterocycles. The Morgan fingerprint density at radius 1 is 0.455 bits per heavy atom. The molecule has 0 radical (unpaired) electrons. The summed E-state index contributed by atoms with van der Waals surface area (Å²) in [5, 5.41) is 9.15. The van der Waals surface area contributed by atoms with E-state index in [1.54, 1.807) is 0 Å². The van der Waals surface area contributed by atoms with Crippen molar-refractivity contribution in [3.05, 3.63) is 163 Å². The number of hydrogen-bond acceptors (Lipinski definition) is 4. The normalized spacial score (nSPS) is 20.4. The maximum atomic E-state index is 9.15. The molecular weight excluding hydrogens is 669 g/mol. The minimum Gasteiger partial charge on any atom is -0.208 e. The van der Waals surface area contributed by atoms with Gasteiger partial charge in [-0.3, -0.25) is 0 Å². The molecule has 7 aromatic rings. The van der Waals surface area contributed by atoms with Crippen LogP contribution in [-0.2, 0) is 5.41 Å². The van der Waals surface area contributed by atoms with Crippen molar-refractivity contribution in [2.75, 3.05) is 0 Å². The van der Waals surface area contributed by atoms with Crippen molar-refractivity contribution in [3.8, 4) is 73.6 Å². The van der Waals surface area contributed by atoms with Gasteiger partial charge in [-0.05, 0) is 106 Å². The molecule has 1 heterocycles. The number of hydrogen-bond donors (Lipinski definition) is 0. The third-order valence-electron chi connectivity index (χ3n) is 12.0. The van der Waals surface area contributed by atoms with E-state index in [1.807, 2.05) is 42.5 Å². The number of aromatic nitrogens is 3. The molecule has 0 spiro atoms. The Balaban J connectivity index is 1.04. The summed E-state index contributed by atoms with van der Waals surface area (Å²) in [6, 6.07) is 55.1. The summed E-state index contributed by atoms with van der Waals surface area (Å²) >= 11 is 0. The van der Waals surface area contributed by atoms with Crippen molar-refractivity contribution in [3.63, 3.8) is 0 Å². The van der Waals surface area contributed by atoms with E-state index in [2.05, 4.69) is 129 Å². The van der Waals surface area contributed by atoms with Crippen LogP contribution in [0.25, 0.3) is 67.5 Å². The molecule has 55 heavy (non-hydrogen) atoms. The summed E-state index contributed by atoms with van der Waals surface area (Å²) < 4.78 is 0. The first-order valence-electron chi connectivity index (χ1n) is 19.7. The standard InChI is InChI=1S/C51H44N4/c1-34-28-37-29-35(2)31-51(30-34,32-37)45-26-24-42(25-27-45)46-10-6-7-11-47(46)50-54-48(43-8-4-3-5-9-43)53-49(55-50)44-22-20-41(21-23-44)40-18-16-39(17-19-40)38-14-12-36(33-52)13-15-38/h3-27,34-35,37H,28-32H2,1-2H3/t34-,35+,37-,51?.